The second-order valence-corrected chi connectivity index (χ2v) is 4.58. The highest BCUT2D eigenvalue weighted by molar-refractivity contribution is 7.99. The topological polar surface area (TPSA) is 20.2 Å². The standard InChI is InChI=1S/C8H16OS/c1-7(2)8(5-9)3-4-10-6-8/h7,9H,3-6H2,1-2H3. The highest BCUT2D eigenvalue weighted by atomic mass is 32.2. The van der Waals surface area contributed by atoms with E-state index < -0.39 is 0 Å². The first-order valence-electron chi connectivity index (χ1n) is 3.90. The zero-order valence-electron chi connectivity index (χ0n) is 6.76. The van der Waals surface area contributed by atoms with Crippen LogP contribution in [-0.4, -0.2) is 23.2 Å². The fourth-order valence-corrected chi connectivity index (χ4v) is 3.06. The first-order valence-corrected chi connectivity index (χ1v) is 5.05. The van der Waals surface area contributed by atoms with Crippen molar-refractivity contribution in [2.45, 2.75) is 20.3 Å². The number of hydrogen-bond acceptors (Lipinski definition) is 2. The molecule has 2 heteroatoms. The van der Waals surface area contributed by atoms with Crippen molar-refractivity contribution in [3.63, 3.8) is 0 Å². The molecule has 1 heterocycles. The average molecular weight is 160 g/mol. The Morgan fingerprint density at radius 1 is 1.60 bits per heavy atom. The largest absolute Gasteiger partial charge is 0.396 e. The molecule has 1 nitrogen and oxygen atoms in total. The van der Waals surface area contributed by atoms with Gasteiger partial charge in [-0.2, -0.15) is 11.8 Å². The Morgan fingerprint density at radius 3 is 2.50 bits per heavy atom. The lowest BCUT2D eigenvalue weighted by atomic mass is 9.78. The molecule has 0 radical (unpaired) electrons. The molecule has 0 aromatic carbocycles. The smallest absolute Gasteiger partial charge is 0.0498 e. The highest BCUT2D eigenvalue weighted by Gasteiger charge is 2.36. The molecule has 0 saturated carbocycles. The van der Waals surface area contributed by atoms with Gasteiger partial charge in [-0.05, 0) is 18.1 Å². The number of aliphatic hydroxyl groups is 1. The predicted molar refractivity (Wildman–Crippen MR) is 46.3 cm³/mol. The molecule has 1 N–H and O–H groups in total. The van der Waals surface area contributed by atoms with Gasteiger partial charge in [0.15, 0.2) is 0 Å². The minimum atomic E-state index is 0.255. The van der Waals surface area contributed by atoms with Crippen molar-refractivity contribution >= 4 is 11.8 Å². The van der Waals surface area contributed by atoms with Crippen molar-refractivity contribution in [1.82, 2.24) is 0 Å². The average Bonchev–Trinajstić information content (AvgIpc) is 2.35. The summed E-state index contributed by atoms with van der Waals surface area (Å²) in [5, 5.41) is 9.17. The summed E-state index contributed by atoms with van der Waals surface area (Å²) in [6.45, 7) is 4.79. The number of hydrogen-bond donors (Lipinski definition) is 1. The molecule has 1 aliphatic heterocycles. The van der Waals surface area contributed by atoms with Crippen molar-refractivity contribution in [2.24, 2.45) is 11.3 Å². The van der Waals surface area contributed by atoms with E-state index in [9.17, 15) is 5.11 Å². The van der Waals surface area contributed by atoms with Crippen LogP contribution in [0.3, 0.4) is 0 Å². The van der Waals surface area contributed by atoms with Gasteiger partial charge in [0.1, 0.15) is 0 Å². The van der Waals surface area contributed by atoms with Crippen LogP contribution in [0.25, 0.3) is 0 Å². The molecule has 10 heavy (non-hydrogen) atoms. The van der Waals surface area contributed by atoms with E-state index >= 15 is 0 Å². The van der Waals surface area contributed by atoms with Crippen LogP contribution < -0.4 is 0 Å². The molecule has 0 aromatic heterocycles. The molecule has 1 aliphatic rings. The fraction of sp³-hybridized carbons (Fsp3) is 1.00. The van der Waals surface area contributed by atoms with Crippen LogP contribution in [0.4, 0.5) is 0 Å². The van der Waals surface area contributed by atoms with E-state index in [4.69, 9.17) is 0 Å². The second-order valence-electron chi connectivity index (χ2n) is 3.48. The van der Waals surface area contributed by atoms with Gasteiger partial charge >= 0.3 is 0 Å². The summed E-state index contributed by atoms with van der Waals surface area (Å²) in [6, 6.07) is 0. The van der Waals surface area contributed by atoms with E-state index in [1.165, 1.54) is 12.2 Å². The van der Waals surface area contributed by atoms with Gasteiger partial charge in [0.25, 0.3) is 0 Å². The van der Waals surface area contributed by atoms with Crippen LogP contribution in [0.5, 0.6) is 0 Å². The molecule has 0 spiro atoms. The third kappa shape index (κ3) is 1.32. The molecule has 1 fully saturated rings. The molecule has 1 unspecified atom stereocenters. The molecule has 1 saturated heterocycles. The van der Waals surface area contributed by atoms with Gasteiger partial charge in [0.05, 0.1) is 0 Å². The summed E-state index contributed by atoms with van der Waals surface area (Å²) < 4.78 is 0. The third-order valence-electron chi connectivity index (χ3n) is 2.67. The maximum absolute atomic E-state index is 9.17. The number of thioether (sulfide) groups is 1. The summed E-state index contributed by atoms with van der Waals surface area (Å²) in [5.41, 5.74) is 0.255. The van der Waals surface area contributed by atoms with E-state index in [-0.39, 0.29) is 5.41 Å². The predicted octanol–water partition coefficient (Wildman–Crippen LogP) is 1.76. The number of rotatable bonds is 2. The van der Waals surface area contributed by atoms with Gasteiger partial charge in [-0.1, -0.05) is 13.8 Å². The number of aliphatic hydroxyl groups excluding tert-OH is 1. The Hall–Kier alpha value is 0.310. The van der Waals surface area contributed by atoms with Crippen LogP contribution in [0.15, 0.2) is 0 Å². The first-order chi connectivity index (χ1) is 4.71. The Morgan fingerprint density at radius 2 is 2.30 bits per heavy atom. The van der Waals surface area contributed by atoms with Crippen molar-refractivity contribution < 1.29 is 5.11 Å². The van der Waals surface area contributed by atoms with Crippen LogP contribution in [0, 0.1) is 11.3 Å². The Labute approximate surface area is 67.2 Å². The normalized spacial score (nSPS) is 33.6. The maximum Gasteiger partial charge on any atom is 0.0498 e. The van der Waals surface area contributed by atoms with Gasteiger partial charge in [-0.3, -0.25) is 0 Å². The maximum atomic E-state index is 9.17. The summed E-state index contributed by atoms with van der Waals surface area (Å²) in [6.07, 6.45) is 1.20. The molecule has 0 bridgehead atoms. The Kier molecular flexibility index (Phi) is 2.64. The molecule has 1 rings (SSSR count). The second kappa shape index (κ2) is 3.14. The molecule has 1 atom stereocenters. The van der Waals surface area contributed by atoms with E-state index in [1.54, 1.807) is 0 Å². The van der Waals surface area contributed by atoms with Gasteiger partial charge in [-0.15, -0.1) is 0 Å². The summed E-state index contributed by atoms with van der Waals surface area (Å²) in [4.78, 5) is 0. The zero-order chi connectivity index (χ0) is 7.61. The molecule has 60 valence electrons. The minimum Gasteiger partial charge on any atom is -0.396 e. The fourth-order valence-electron chi connectivity index (χ4n) is 1.39. The molecular formula is C8H16OS. The molecule has 0 aromatic rings. The third-order valence-corrected chi connectivity index (χ3v) is 3.95. The van der Waals surface area contributed by atoms with E-state index in [2.05, 4.69) is 13.8 Å². The first kappa shape index (κ1) is 8.41. The van der Waals surface area contributed by atoms with Crippen LogP contribution in [0.2, 0.25) is 0 Å². The summed E-state index contributed by atoms with van der Waals surface area (Å²) in [5.74, 6) is 3.02. The zero-order valence-corrected chi connectivity index (χ0v) is 7.58. The van der Waals surface area contributed by atoms with Crippen LogP contribution in [-0.2, 0) is 0 Å². The lowest BCUT2D eigenvalue weighted by Gasteiger charge is -2.29. The Balaban J connectivity index is 2.58. The van der Waals surface area contributed by atoms with E-state index in [0.717, 1.165) is 5.75 Å². The summed E-state index contributed by atoms with van der Waals surface area (Å²) >= 11 is 1.97. The van der Waals surface area contributed by atoms with Crippen LogP contribution >= 0.6 is 11.8 Å². The van der Waals surface area contributed by atoms with E-state index in [0.29, 0.717) is 12.5 Å². The van der Waals surface area contributed by atoms with Gasteiger partial charge in [0, 0.05) is 17.8 Å². The monoisotopic (exact) mass is 160 g/mol. The lowest BCUT2D eigenvalue weighted by molar-refractivity contribution is 0.102. The quantitative estimate of drug-likeness (QED) is 0.664. The van der Waals surface area contributed by atoms with Crippen molar-refractivity contribution in [3.8, 4) is 0 Å². The van der Waals surface area contributed by atoms with Crippen molar-refractivity contribution in [2.75, 3.05) is 18.1 Å². The molecule has 0 aliphatic carbocycles. The highest BCUT2D eigenvalue weighted by Crippen LogP contribution is 2.41. The van der Waals surface area contributed by atoms with Gasteiger partial charge in [0.2, 0.25) is 0 Å². The van der Waals surface area contributed by atoms with Gasteiger partial charge < -0.3 is 5.11 Å². The minimum absolute atomic E-state index is 0.255. The molecular weight excluding hydrogens is 144 g/mol. The Bertz CT molecular complexity index is 106. The molecule has 0 amide bonds. The lowest BCUT2D eigenvalue weighted by Crippen LogP contribution is -2.30. The van der Waals surface area contributed by atoms with Crippen molar-refractivity contribution in [3.05, 3.63) is 0 Å². The van der Waals surface area contributed by atoms with Crippen molar-refractivity contribution in [1.29, 1.82) is 0 Å². The van der Waals surface area contributed by atoms with Crippen LogP contribution in [0.1, 0.15) is 20.3 Å². The van der Waals surface area contributed by atoms with Gasteiger partial charge in [-0.25, -0.2) is 0 Å². The SMILES string of the molecule is CC(C)C1(CO)CCSC1. The summed E-state index contributed by atoms with van der Waals surface area (Å²) in [7, 11) is 0. The van der Waals surface area contributed by atoms with E-state index in [1.807, 2.05) is 11.8 Å².